The Morgan fingerprint density at radius 3 is 2.35 bits per heavy atom. The van der Waals surface area contributed by atoms with Crippen molar-refractivity contribution >= 4 is 45.0 Å². The van der Waals surface area contributed by atoms with Crippen LogP contribution >= 0.6 is 15.9 Å². The minimum Gasteiger partial charge on any atom is -0.267 e. The molecule has 10 heteroatoms. The first-order valence-corrected chi connectivity index (χ1v) is 12.5. The number of amides is 1. The fraction of sp³-hybridized carbons (Fsp3) is 0.185. The van der Waals surface area contributed by atoms with Crippen LogP contribution in [0.1, 0.15) is 46.8 Å². The maximum atomic E-state index is 13.7. The van der Waals surface area contributed by atoms with Gasteiger partial charge >= 0.3 is 0 Å². The molecule has 2 aliphatic rings. The molecule has 1 amide bonds. The number of carbonyl (C=O) groups is 1. The van der Waals surface area contributed by atoms with E-state index in [9.17, 15) is 25.0 Å². The van der Waals surface area contributed by atoms with Crippen LogP contribution in [0.25, 0.3) is 6.08 Å². The van der Waals surface area contributed by atoms with Gasteiger partial charge in [-0.1, -0.05) is 40.2 Å². The van der Waals surface area contributed by atoms with Gasteiger partial charge in [0, 0.05) is 40.2 Å². The first-order valence-electron chi connectivity index (χ1n) is 11.7. The Labute approximate surface area is 220 Å². The molecule has 0 spiro atoms. The van der Waals surface area contributed by atoms with Gasteiger partial charge in [-0.3, -0.25) is 25.0 Å². The van der Waals surface area contributed by atoms with E-state index in [-0.39, 0.29) is 23.2 Å². The number of benzene rings is 3. The third-order valence-electron chi connectivity index (χ3n) is 6.65. The maximum Gasteiger partial charge on any atom is 0.274 e. The summed E-state index contributed by atoms with van der Waals surface area (Å²) in [7, 11) is 0. The summed E-state index contributed by atoms with van der Waals surface area (Å²) >= 11 is 3.39. The van der Waals surface area contributed by atoms with Crippen LogP contribution in [0.15, 0.2) is 87.9 Å². The lowest BCUT2D eigenvalue weighted by molar-refractivity contribution is -0.385. The summed E-state index contributed by atoms with van der Waals surface area (Å²) < 4.78 is 0.836. The quantitative estimate of drug-likeness (QED) is 0.254. The molecule has 2 atom stereocenters. The molecule has 0 N–H and O–H groups in total. The van der Waals surface area contributed by atoms with Crippen LogP contribution in [0.3, 0.4) is 0 Å². The predicted octanol–water partition coefficient (Wildman–Crippen LogP) is 6.70. The van der Waals surface area contributed by atoms with Crippen molar-refractivity contribution in [3.05, 3.63) is 120 Å². The largest absolute Gasteiger partial charge is 0.274 e. The lowest BCUT2D eigenvalue weighted by Crippen LogP contribution is -2.32. The number of carbonyl (C=O) groups excluding carboxylic acids is 1. The summed E-state index contributed by atoms with van der Waals surface area (Å²) in [6.45, 7) is 0. The minimum atomic E-state index is -0.514. The van der Waals surface area contributed by atoms with Gasteiger partial charge in [-0.05, 0) is 66.3 Å². The zero-order valence-electron chi connectivity index (χ0n) is 19.5. The van der Waals surface area contributed by atoms with Crippen LogP contribution in [-0.4, -0.2) is 26.5 Å². The van der Waals surface area contributed by atoms with Crippen LogP contribution in [0.5, 0.6) is 0 Å². The topological polar surface area (TPSA) is 119 Å². The summed E-state index contributed by atoms with van der Waals surface area (Å²) in [6.07, 6.45) is 4.18. The van der Waals surface area contributed by atoms with Crippen molar-refractivity contribution < 1.29 is 14.6 Å². The minimum absolute atomic E-state index is 0.00316. The predicted molar refractivity (Wildman–Crippen MR) is 142 cm³/mol. The van der Waals surface area contributed by atoms with Crippen molar-refractivity contribution in [3.8, 4) is 0 Å². The highest BCUT2D eigenvalue weighted by Crippen LogP contribution is 2.45. The first-order chi connectivity index (χ1) is 17.8. The molecule has 186 valence electrons. The van der Waals surface area contributed by atoms with E-state index in [4.69, 9.17) is 5.10 Å². The fourth-order valence-corrected chi connectivity index (χ4v) is 5.24. The second-order valence-electron chi connectivity index (χ2n) is 8.96. The number of hydrazone groups is 1. The van der Waals surface area contributed by atoms with Gasteiger partial charge in [0.15, 0.2) is 0 Å². The molecule has 0 saturated heterocycles. The summed E-state index contributed by atoms with van der Waals surface area (Å²) in [5.74, 6) is -0.472. The summed E-state index contributed by atoms with van der Waals surface area (Å²) in [4.78, 5) is 35.5. The molecule has 1 heterocycles. The number of hydrogen-bond donors (Lipinski definition) is 0. The average molecular weight is 561 g/mol. The van der Waals surface area contributed by atoms with Crippen molar-refractivity contribution in [3.63, 3.8) is 0 Å². The molecular formula is C27H21BrN4O5. The molecule has 0 radical (unpaired) electrons. The van der Waals surface area contributed by atoms with Crippen molar-refractivity contribution in [1.82, 2.24) is 5.01 Å². The Morgan fingerprint density at radius 2 is 1.65 bits per heavy atom. The summed E-state index contributed by atoms with van der Waals surface area (Å²) in [6, 6.07) is 19.2. The normalized spacial score (nSPS) is 19.9. The fourth-order valence-electron chi connectivity index (χ4n) is 4.98. The second kappa shape index (κ2) is 10.1. The molecule has 0 bridgehead atoms. The van der Waals surface area contributed by atoms with E-state index in [1.54, 1.807) is 48.5 Å². The van der Waals surface area contributed by atoms with Crippen LogP contribution in [0.2, 0.25) is 0 Å². The lowest BCUT2D eigenvalue weighted by atomic mass is 9.77. The molecule has 3 aromatic rings. The second-order valence-corrected chi connectivity index (χ2v) is 9.87. The molecule has 37 heavy (non-hydrogen) atoms. The average Bonchev–Trinajstić information content (AvgIpc) is 3.29. The molecular weight excluding hydrogens is 540 g/mol. The maximum absolute atomic E-state index is 13.7. The third-order valence-corrected chi connectivity index (χ3v) is 7.17. The van der Waals surface area contributed by atoms with E-state index >= 15 is 0 Å². The SMILES string of the molecule is O=C(c1ccc(Br)cc1)N1N=C2/C(=C/c3cccc([N+](=O)[O-])c3)CCC[C@H]2[C@@H]1c1cccc([N+](=O)[O-])c1. The van der Waals surface area contributed by atoms with Gasteiger partial charge in [0.2, 0.25) is 0 Å². The van der Waals surface area contributed by atoms with Crippen LogP contribution < -0.4 is 0 Å². The number of hydrogen-bond acceptors (Lipinski definition) is 6. The number of nitro groups is 2. The Bertz CT molecular complexity index is 1470. The number of rotatable bonds is 5. The molecule has 9 nitrogen and oxygen atoms in total. The Balaban J connectivity index is 1.59. The molecule has 1 fully saturated rings. The highest BCUT2D eigenvalue weighted by Gasteiger charge is 2.44. The Morgan fingerprint density at radius 1 is 0.973 bits per heavy atom. The van der Waals surface area contributed by atoms with Crippen LogP contribution in [-0.2, 0) is 0 Å². The molecule has 5 rings (SSSR count). The standard InChI is InChI=1S/C27H21BrN4O5/c28-21-12-10-18(11-13-21)27(33)30-26(20-6-2-8-23(16-20)32(36)37)24-9-3-5-19(25(24)29-30)14-17-4-1-7-22(15-17)31(34)35/h1-2,4,6-8,10-16,24,26H,3,5,9H2/b19-14+/t24-,26+/m1/s1. The first kappa shape index (κ1) is 24.5. The van der Waals surface area contributed by atoms with Crippen LogP contribution in [0, 0.1) is 26.1 Å². The van der Waals surface area contributed by atoms with Crippen molar-refractivity contribution in [1.29, 1.82) is 0 Å². The van der Waals surface area contributed by atoms with Gasteiger partial charge in [0.05, 0.1) is 21.6 Å². The van der Waals surface area contributed by atoms with Gasteiger partial charge in [0.25, 0.3) is 17.3 Å². The Hall–Kier alpha value is -4.18. The molecule has 1 aliphatic heterocycles. The zero-order valence-corrected chi connectivity index (χ0v) is 21.1. The number of fused-ring (bicyclic) bond motifs is 1. The number of non-ortho nitro benzene ring substituents is 2. The van der Waals surface area contributed by atoms with Gasteiger partial charge in [-0.15, -0.1) is 0 Å². The monoisotopic (exact) mass is 560 g/mol. The summed E-state index contributed by atoms with van der Waals surface area (Å²) in [5.41, 5.74) is 3.35. The van der Waals surface area contributed by atoms with E-state index in [2.05, 4.69) is 15.9 Å². The van der Waals surface area contributed by atoms with E-state index in [1.807, 2.05) is 6.08 Å². The van der Waals surface area contributed by atoms with Gasteiger partial charge in [-0.2, -0.15) is 5.10 Å². The Kier molecular flexibility index (Phi) is 6.66. The number of allylic oxidation sites excluding steroid dienone is 1. The van der Waals surface area contributed by atoms with E-state index < -0.39 is 15.9 Å². The van der Waals surface area contributed by atoms with Crippen molar-refractivity contribution in [2.75, 3.05) is 0 Å². The van der Waals surface area contributed by atoms with E-state index in [1.165, 1.54) is 29.3 Å². The summed E-state index contributed by atoms with van der Waals surface area (Å²) in [5, 5.41) is 29.0. The molecule has 1 aliphatic carbocycles. The van der Waals surface area contributed by atoms with Gasteiger partial charge in [-0.25, -0.2) is 5.01 Å². The molecule has 0 aromatic heterocycles. The zero-order chi connectivity index (χ0) is 26.1. The highest BCUT2D eigenvalue weighted by atomic mass is 79.9. The van der Waals surface area contributed by atoms with Crippen LogP contribution in [0.4, 0.5) is 11.4 Å². The number of nitrogens with zero attached hydrogens (tertiary/aromatic N) is 4. The number of nitro benzene ring substituents is 2. The molecule has 0 unspecified atom stereocenters. The van der Waals surface area contributed by atoms with E-state index in [0.29, 0.717) is 23.1 Å². The molecule has 1 saturated carbocycles. The van der Waals surface area contributed by atoms with Crippen molar-refractivity contribution in [2.24, 2.45) is 11.0 Å². The van der Waals surface area contributed by atoms with Crippen molar-refractivity contribution in [2.45, 2.75) is 25.3 Å². The number of halogens is 1. The van der Waals surface area contributed by atoms with Gasteiger partial charge < -0.3 is 0 Å². The van der Waals surface area contributed by atoms with Gasteiger partial charge in [0.1, 0.15) is 0 Å². The highest BCUT2D eigenvalue weighted by molar-refractivity contribution is 9.10. The third kappa shape index (κ3) is 4.92. The lowest BCUT2D eigenvalue weighted by Gasteiger charge is -2.29. The molecule has 3 aromatic carbocycles. The smallest absolute Gasteiger partial charge is 0.267 e. The van der Waals surface area contributed by atoms with E-state index in [0.717, 1.165) is 28.6 Å².